The second-order valence-corrected chi connectivity index (χ2v) is 4.64. The van der Waals surface area contributed by atoms with Crippen molar-refractivity contribution in [3.63, 3.8) is 0 Å². The Morgan fingerprint density at radius 3 is 2.56 bits per heavy atom. The maximum atomic E-state index is 13.0. The van der Waals surface area contributed by atoms with Crippen LogP contribution >= 0.6 is 0 Å². The van der Waals surface area contributed by atoms with Crippen molar-refractivity contribution in [3.05, 3.63) is 29.6 Å². The summed E-state index contributed by atoms with van der Waals surface area (Å²) < 4.78 is 38.6. The standard InChI is InChI=1S/C9H13FN2O3S/c1-12(2)9-4-3-8(10)5-7(9)6-15-16(11,13)14/h3-5H,6H2,1-2H3,(H2,11,13,14). The molecular formula is C9H13FN2O3S. The van der Waals surface area contributed by atoms with E-state index in [9.17, 15) is 12.8 Å². The quantitative estimate of drug-likeness (QED) is 0.847. The molecule has 0 aliphatic rings. The zero-order valence-electron chi connectivity index (χ0n) is 8.97. The largest absolute Gasteiger partial charge is 0.377 e. The van der Waals surface area contributed by atoms with Gasteiger partial charge in [0.1, 0.15) is 5.82 Å². The zero-order valence-corrected chi connectivity index (χ0v) is 9.79. The van der Waals surface area contributed by atoms with Gasteiger partial charge in [-0.3, -0.25) is 4.18 Å². The molecule has 0 bridgehead atoms. The van der Waals surface area contributed by atoms with E-state index >= 15 is 0 Å². The maximum Gasteiger partial charge on any atom is 0.333 e. The fourth-order valence-corrected chi connectivity index (χ4v) is 1.54. The highest BCUT2D eigenvalue weighted by molar-refractivity contribution is 7.84. The van der Waals surface area contributed by atoms with Gasteiger partial charge in [-0.1, -0.05) is 0 Å². The van der Waals surface area contributed by atoms with Crippen LogP contribution < -0.4 is 10.0 Å². The van der Waals surface area contributed by atoms with Crippen molar-refractivity contribution in [1.29, 1.82) is 0 Å². The monoisotopic (exact) mass is 248 g/mol. The Hall–Kier alpha value is -1.18. The predicted octanol–water partition coefficient (Wildman–Crippen LogP) is 0.612. The first-order chi connectivity index (χ1) is 7.29. The van der Waals surface area contributed by atoms with E-state index in [1.165, 1.54) is 18.2 Å². The molecule has 1 aromatic carbocycles. The average molecular weight is 248 g/mol. The molecule has 5 nitrogen and oxygen atoms in total. The SMILES string of the molecule is CN(C)c1ccc(F)cc1COS(N)(=O)=O. The van der Waals surface area contributed by atoms with Crippen molar-refractivity contribution in [2.24, 2.45) is 5.14 Å². The highest BCUT2D eigenvalue weighted by Gasteiger charge is 2.09. The first-order valence-corrected chi connectivity index (χ1v) is 5.89. The summed E-state index contributed by atoms with van der Waals surface area (Å²) in [4.78, 5) is 1.72. The molecule has 0 atom stereocenters. The van der Waals surface area contributed by atoms with E-state index in [2.05, 4.69) is 4.18 Å². The van der Waals surface area contributed by atoms with Crippen LogP contribution in [-0.4, -0.2) is 22.5 Å². The topological polar surface area (TPSA) is 72.6 Å². The summed E-state index contributed by atoms with van der Waals surface area (Å²) in [6.45, 7) is -0.288. The summed E-state index contributed by atoms with van der Waals surface area (Å²) >= 11 is 0. The average Bonchev–Trinajstić information content (AvgIpc) is 2.13. The number of benzene rings is 1. The number of rotatable bonds is 4. The van der Waals surface area contributed by atoms with Crippen LogP contribution in [0.3, 0.4) is 0 Å². The van der Waals surface area contributed by atoms with Crippen molar-refractivity contribution in [2.45, 2.75) is 6.61 Å². The van der Waals surface area contributed by atoms with Gasteiger partial charge in [0.25, 0.3) is 0 Å². The molecule has 16 heavy (non-hydrogen) atoms. The molecule has 0 saturated heterocycles. The van der Waals surface area contributed by atoms with E-state index in [1.54, 1.807) is 19.0 Å². The number of anilines is 1. The van der Waals surface area contributed by atoms with E-state index in [4.69, 9.17) is 5.14 Å². The first kappa shape index (κ1) is 12.9. The van der Waals surface area contributed by atoms with Gasteiger partial charge in [-0.15, -0.1) is 0 Å². The molecular weight excluding hydrogens is 235 g/mol. The van der Waals surface area contributed by atoms with Crippen molar-refractivity contribution in [2.75, 3.05) is 19.0 Å². The lowest BCUT2D eigenvalue weighted by atomic mass is 10.2. The van der Waals surface area contributed by atoms with E-state index in [-0.39, 0.29) is 6.61 Å². The first-order valence-electron chi connectivity index (χ1n) is 4.42. The fraction of sp³-hybridized carbons (Fsp3) is 0.333. The van der Waals surface area contributed by atoms with Crippen LogP contribution in [0.4, 0.5) is 10.1 Å². The zero-order chi connectivity index (χ0) is 12.3. The van der Waals surface area contributed by atoms with Crippen LogP contribution in [0.25, 0.3) is 0 Å². The normalized spacial score (nSPS) is 11.5. The van der Waals surface area contributed by atoms with Crippen LogP contribution in [-0.2, 0) is 21.1 Å². The van der Waals surface area contributed by atoms with Crippen molar-refractivity contribution in [3.8, 4) is 0 Å². The second-order valence-electron chi connectivity index (χ2n) is 3.42. The molecule has 0 fully saturated rings. The lowest BCUT2D eigenvalue weighted by Crippen LogP contribution is -2.17. The molecule has 0 radical (unpaired) electrons. The molecule has 0 heterocycles. The summed E-state index contributed by atoms with van der Waals surface area (Å²) in [5.74, 6) is -0.460. The summed E-state index contributed by atoms with van der Waals surface area (Å²) in [6, 6.07) is 4.04. The molecule has 1 aromatic rings. The smallest absolute Gasteiger partial charge is 0.333 e. The van der Waals surface area contributed by atoms with Gasteiger partial charge in [-0.05, 0) is 18.2 Å². The predicted molar refractivity (Wildman–Crippen MR) is 58.6 cm³/mol. The Morgan fingerprint density at radius 2 is 2.06 bits per heavy atom. The van der Waals surface area contributed by atoms with E-state index in [0.29, 0.717) is 11.3 Å². The second kappa shape index (κ2) is 4.77. The Kier molecular flexibility index (Phi) is 3.84. The lowest BCUT2D eigenvalue weighted by molar-refractivity contribution is 0.308. The molecule has 0 saturated carbocycles. The molecule has 90 valence electrons. The van der Waals surface area contributed by atoms with Gasteiger partial charge in [-0.25, -0.2) is 9.53 Å². The van der Waals surface area contributed by atoms with E-state index < -0.39 is 16.1 Å². The molecule has 2 N–H and O–H groups in total. The number of hydrogen-bond acceptors (Lipinski definition) is 4. The summed E-state index contributed by atoms with van der Waals surface area (Å²) in [6.07, 6.45) is 0. The highest BCUT2D eigenvalue weighted by Crippen LogP contribution is 2.20. The van der Waals surface area contributed by atoms with Gasteiger partial charge in [0.15, 0.2) is 0 Å². The number of halogens is 1. The van der Waals surface area contributed by atoms with E-state index in [1.807, 2.05) is 0 Å². The molecule has 0 aromatic heterocycles. The minimum atomic E-state index is -4.02. The number of hydrogen-bond donors (Lipinski definition) is 1. The molecule has 0 amide bonds. The summed E-state index contributed by atoms with van der Waals surface area (Å²) in [5, 5.41) is 4.69. The van der Waals surface area contributed by atoms with Crippen molar-refractivity contribution >= 4 is 16.0 Å². The minimum absolute atomic E-state index is 0.288. The minimum Gasteiger partial charge on any atom is -0.377 e. The van der Waals surface area contributed by atoms with Crippen molar-refractivity contribution in [1.82, 2.24) is 0 Å². The van der Waals surface area contributed by atoms with Gasteiger partial charge in [0, 0.05) is 25.3 Å². The Bertz CT molecular complexity index is 474. The molecule has 7 heteroatoms. The van der Waals surface area contributed by atoms with Crippen LogP contribution in [0.2, 0.25) is 0 Å². The fourth-order valence-electron chi connectivity index (χ4n) is 1.25. The molecule has 0 spiro atoms. The van der Waals surface area contributed by atoms with Crippen LogP contribution in [0.15, 0.2) is 18.2 Å². The number of nitrogens with two attached hydrogens (primary N) is 1. The lowest BCUT2D eigenvalue weighted by Gasteiger charge is -2.17. The third-order valence-corrected chi connectivity index (χ3v) is 2.35. The maximum absolute atomic E-state index is 13.0. The van der Waals surface area contributed by atoms with E-state index in [0.717, 1.165) is 0 Å². The van der Waals surface area contributed by atoms with Gasteiger partial charge < -0.3 is 4.90 Å². The van der Waals surface area contributed by atoms with Gasteiger partial charge in [-0.2, -0.15) is 8.42 Å². The Labute approximate surface area is 93.9 Å². The van der Waals surface area contributed by atoms with Crippen LogP contribution in [0.1, 0.15) is 5.56 Å². The number of nitrogens with zero attached hydrogens (tertiary/aromatic N) is 1. The molecule has 0 unspecified atom stereocenters. The third-order valence-electron chi connectivity index (χ3n) is 1.90. The molecule has 1 rings (SSSR count). The van der Waals surface area contributed by atoms with Gasteiger partial charge in [0.05, 0.1) is 6.61 Å². The van der Waals surface area contributed by atoms with Gasteiger partial charge >= 0.3 is 10.3 Å². The highest BCUT2D eigenvalue weighted by atomic mass is 32.2. The third kappa shape index (κ3) is 3.76. The Morgan fingerprint density at radius 1 is 1.44 bits per heavy atom. The van der Waals surface area contributed by atoms with Crippen molar-refractivity contribution < 1.29 is 17.0 Å². The van der Waals surface area contributed by atoms with Crippen LogP contribution in [0.5, 0.6) is 0 Å². The van der Waals surface area contributed by atoms with Crippen LogP contribution in [0, 0.1) is 5.82 Å². The molecule has 0 aliphatic heterocycles. The van der Waals surface area contributed by atoms with Gasteiger partial charge in [0.2, 0.25) is 0 Å². The Balaban J connectivity index is 2.97. The summed E-state index contributed by atoms with van der Waals surface area (Å²) in [7, 11) is -0.503. The summed E-state index contributed by atoms with van der Waals surface area (Å²) in [5.41, 5.74) is 1.09. The molecule has 0 aliphatic carbocycles.